The van der Waals surface area contributed by atoms with Crippen LogP contribution in [-0.4, -0.2) is 51.0 Å². The number of fused-ring (bicyclic) bond motifs is 1. The topological polar surface area (TPSA) is 72.9 Å². The van der Waals surface area contributed by atoms with Crippen LogP contribution in [0.2, 0.25) is 0 Å². The number of hydrogen-bond acceptors (Lipinski definition) is 5. The summed E-state index contributed by atoms with van der Waals surface area (Å²) in [6.45, 7) is 7.25. The van der Waals surface area contributed by atoms with Crippen molar-refractivity contribution in [2.24, 2.45) is 17.8 Å². The van der Waals surface area contributed by atoms with Gasteiger partial charge in [-0.05, 0) is 51.4 Å². The van der Waals surface area contributed by atoms with Crippen molar-refractivity contribution in [3.05, 3.63) is 0 Å². The summed E-state index contributed by atoms with van der Waals surface area (Å²) in [7, 11) is -3.36. The summed E-state index contributed by atoms with van der Waals surface area (Å²) < 4.78 is 32.3. The standard InChI is InChI=1S/C14H25NO5S/c1-14(2,3)20-13(16)15-7-11-5-10(6-12(11)8-15)9-19-21(4,17)18/h10-12H,5-9H2,1-4H3/t10-,11-,12?/m1/s1. The fraction of sp³-hybridized carbons (Fsp3) is 0.929. The lowest BCUT2D eigenvalue weighted by molar-refractivity contribution is 0.0276. The molecular weight excluding hydrogens is 294 g/mol. The van der Waals surface area contributed by atoms with Crippen LogP contribution >= 0.6 is 0 Å². The molecule has 1 unspecified atom stereocenters. The molecule has 1 saturated carbocycles. The molecule has 1 saturated heterocycles. The highest BCUT2D eigenvalue weighted by Gasteiger charge is 2.43. The zero-order chi connectivity index (χ0) is 15.8. The summed E-state index contributed by atoms with van der Waals surface area (Å²) in [6.07, 6.45) is 2.66. The van der Waals surface area contributed by atoms with Gasteiger partial charge in [0.15, 0.2) is 0 Å². The Labute approximate surface area is 126 Å². The zero-order valence-electron chi connectivity index (χ0n) is 13.2. The third-order valence-corrected chi connectivity index (χ3v) is 4.58. The van der Waals surface area contributed by atoms with Gasteiger partial charge < -0.3 is 9.64 Å². The molecule has 2 aliphatic rings. The van der Waals surface area contributed by atoms with Gasteiger partial charge in [-0.2, -0.15) is 8.42 Å². The summed E-state index contributed by atoms with van der Waals surface area (Å²) >= 11 is 0. The molecule has 0 aromatic carbocycles. The van der Waals surface area contributed by atoms with Gasteiger partial charge in [-0.3, -0.25) is 4.18 Å². The molecule has 7 heteroatoms. The third-order valence-electron chi connectivity index (χ3n) is 4.02. The maximum absolute atomic E-state index is 12.0. The Morgan fingerprint density at radius 3 is 2.14 bits per heavy atom. The molecule has 6 nitrogen and oxygen atoms in total. The molecule has 122 valence electrons. The van der Waals surface area contributed by atoms with E-state index < -0.39 is 15.7 Å². The van der Waals surface area contributed by atoms with E-state index in [9.17, 15) is 13.2 Å². The third kappa shape index (κ3) is 4.85. The first kappa shape index (κ1) is 16.5. The molecule has 2 fully saturated rings. The van der Waals surface area contributed by atoms with E-state index in [4.69, 9.17) is 8.92 Å². The molecule has 0 N–H and O–H groups in total. The SMILES string of the molecule is CC(C)(C)OC(=O)N1CC2C[C@H](COS(C)(=O)=O)C[C@@H]2C1. The van der Waals surface area contributed by atoms with E-state index in [1.54, 1.807) is 4.90 Å². The highest BCUT2D eigenvalue weighted by Crippen LogP contribution is 2.42. The van der Waals surface area contributed by atoms with Crippen molar-refractivity contribution < 1.29 is 22.1 Å². The van der Waals surface area contributed by atoms with Crippen molar-refractivity contribution in [1.29, 1.82) is 0 Å². The molecule has 3 atom stereocenters. The van der Waals surface area contributed by atoms with Crippen LogP contribution in [0, 0.1) is 17.8 Å². The van der Waals surface area contributed by atoms with Crippen LogP contribution in [0.4, 0.5) is 4.79 Å². The van der Waals surface area contributed by atoms with Gasteiger partial charge in [0, 0.05) is 13.1 Å². The molecule has 0 spiro atoms. The van der Waals surface area contributed by atoms with Gasteiger partial charge in [-0.1, -0.05) is 0 Å². The Hall–Kier alpha value is -0.820. The van der Waals surface area contributed by atoms with Gasteiger partial charge in [-0.15, -0.1) is 0 Å². The summed E-state index contributed by atoms with van der Waals surface area (Å²) in [5, 5.41) is 0. The van der Waals surface area contributed by atoms with E-state index in [0.717, 1.165) is 19.1 Å². The van der Waals surface area contributed by atoms with Crippen molar-refractivity contribution >= 4 is 16.2 Å². The monoisotopic (exact) mass is 319 g/mol. The van der Waals surface area contributed by atoms with Crippen LogP contribution in [0.1, 0.15) is 33.6 Å². The molecule has 21 heavy (non-hydrogen) atoms. The molecular formula is C14H25NO5S. The average Bonchev–Trinajstić information content (AvgIpc) is 2.79. The van der Waals surface area contributed by atoms with Crippen molar-refractivity contribution in [2.45, 2.75) is 39.2 Å². The Balaban J connectivity index is 1.80. The molecule has 1 aliphatic heterocycles. The molecule has 1 heterocycles. The second-order valence-electron chi connectivity index (χ2n) is 7.23. The van der Waals surface area contributed by atoms with Crippen LogP contribution in [0.3, 0.4) is 0 Å². The fourth-order valence-electron chi connectivity index (χ4n) is 3.26. The molecule has 0 aromatic rings. The van der Waals surface area contributed by atoms with E-state index in [-0.39, 0.29) is 18.6 Å². The number of nitrogens with zero attached hydrogens (tertiary/aromatic N) is 1. The fourth-order valence-corrected chi connectivity index (χ4v) is 3.70. The first-order valence-electron chi connectivity index (χ1n) is 7.36. The number of amides is 1. The first-order chi connectivity index (χ1) is 9.53. The van der Waals surface area contributed by atoms with Crippen LogP contribution in [0.15, 0.2) is 0 Å². The highest BCUT2D eigenvalue weighted by atomic mass is 32.2. The van der Waals surface area contributed by atoms with Crippen LogP contribution in [-0.2, 0) is 19.0 Å². The predicted molar refractivity (Wildman–Crippen MR) is 78.3 cm³/mol. The number of hydrogen-bond donors (Lipinski definition) is 0. The summed E-state index contributed by atoms with van der Waals surface area (Å²) in [6, 6.07) is 0. The minimum Gasteiger partial charge on any atom is -0.444 e. The number of likely N-dealkylation sites (tertiary alicyclic amines) is 1. The van der Waals surface area contributed by atoms with Crippen LogP contribution in [0.5, 0.6) is 0 Å². The van der Waals surface area contributed by atoms with E-state index in [2.05, 4.69) is 0 Å². The van der Waals surface area contributed by atoms with Crippen LogP contribution in [0.25, 0.3) is 0 Å². The minimum atomic E-state index is -3.36. The van der Waals surface area contributed by atoms with Crippen molar-refractivity contribution in [1.82, 2.24) is 4.90 Å². The molecule has 2 rings (SSSR count). The average molecular weight is 319 g/mol. The van der Waals surface area contributed by atoms with E-state index >= 15 is 0 Å². The Bertz CT molecular complexity index is 482. The highest BCUT2D eigenvalue weighted by molar-refractivity contribution is 7.85. The lowest BCUT2D eigenvalue weighted by atomic mass is 10.0. The molecule has 1 aliphatic carbocycles. The smallest absolute Gasteiger partial charge is 0.410 e. The van der Waals surface area contributed by atoms with Crippen molar-refractivity contribution in [3.8, 4) is 0 Å². The lowest BCUT2D eigenvalue weighted by Gasteiger charge is -2.25. The number of ether oxygens (including phenoxy) is 1. The molecule has 0 radical (unpaired) electrons. The first-order valence-corrected chi connectivity index (χ1v) is 9.17. The van der Waals surface area contributed by atoms with Gasteiger partial charge in [0.2, 0.25) is 0 Å². The Kier molecular flexibility index (Phi) is 4.54. The summed E-state index contributed by atoms with van der Waals surface area (Å²) in [5.41, 5.74) is -0.472. The summed E-state index contributed by atoms with van der Waals surface area (Å²) in [5.74, 6) is 1.15. The lowest BCUT2D eigenvalue weighted by Crippen LogP contribution is -2.36. The van der Waals surface area contributed by atoms with Gasteiger partial charge >= 0.3 is 6.09 Å². The Morgan fingerprint density at radius 2 is 1.71 bits per heavy atom. The minimum absolute atomic E-state index is 0.249. The van der Waals surface area contributed by atoms with E-state index in [1.165, 1.54) is 0 Å². The number of carbonyl (C=O) groups is 1. The van der Waals surface area contributed by atoms with Gasteiger partial charge in [0.05, 0.1) is 12.9 Å². The normalized spacial score (nSPS) is 29.5. The molecule has 1 amide bonds. The largest absolute Gasteiger partial charge is 0.444 e. The predicted octanol–water partition coefficient (Wildman–Crippen LogP) is 1.86. The maximum atomic E-state index is 12.0. The Morgan fingerprint density at radius 1 is 1.19 bits per heavy atom. The maximum Gasteiger partial charge on any atom is 0.410 e. The van der Waals surface area contributed by atoms with E-state index in [0.29, 0.717) is 24.9 Å². The van der Waals surface area contributed by atoms with Gasteiger partial charge in [0.1, 0.15) is 5.60 Å². The second kappa shape index (κ2) is 5.76. The zero-order valence-corrected chi connectivity index (χ0v) is 14.0. The van der Waals surface area contributed by atoms with Crippen LogP contribution < -0.4 is 0 Å². The van der Waals surface area contributed by atoms with Gasteiger partial charge in [0.25, 0.3) is 10.1 Å². The van der Waals surface area contributed by atoms with Crippen molar-refractivity contribution in [2.75, 3.05) is 26.0 Å². The van der Waals surface area contributed by atoms with E-state index in [1.807, 2.05) is 20.8 Å². The molecule has 0 bridgehead atoms. The number of rotatable bonds is 3. The molecule has 0 aromatic heterocycles. The van der Waals surface area contributed by atoms with Gasteiger partial charge in [-0.25, -0.2) is 4.79 Å². The quantitative estimate of drug-likeness (QED) is 0.742. The van der Waals surface area contributed by atoms with Crippen molar-refractivity contribution in [3.63, 3.8) is 0 Å². The summed E-state index contributed by atoms with van der Waals surface area (Å²) in [4.78, 5) is 13.8. The second-order valence-corrected chi connectivity index (χ2v) is 8.88. The number of carbonyl (C=O) groups excluding carboxylic acids is 1.